The smallest absolute Gasteiger partial charge is 0.270 e. The number of hydrogen-bond donors (Lipinski definition) is 1. The average Bonchev–Trinajstić information content (AvgIpc) is 2.81. The average molecular weight is 269 g/mol. The molecule has 2 heterocycles. The third kappa shape index (κ3) is 1.85. The summed E-state index contributed by atoms with van der Waals surface area (Å²) < 4.78 is 1.75. The maximum Gasteiger partial charge on any atom is 0.270 e. The number of hydrogen-bond acceptors (Lipinski definition) is 5. The molecule has 0 radical (unpaired) electrons. The molecule has 0 aliphatic rings. The zero-order chi connectivity index (χ0) is 14.3. The van der Waals surface area contributed by atoms with Crippen LogP contribution in [0, 0.1) is 17.0 Å². The predicted octanol–water partition coefficient (Wildman–Crippen LogP) is 2.20. The minimum atomic E-state index is -0.462. The molecule has 7 nitrogen and oxygen atoms in total. The van der Waals surface area contributed by atoms with E-state index in [-0.39, 0.29) is 5.69 Å². The molecule has 0 aliphatic carbocycles. The molecule has 0 aliphatic heterocycles. The van der Waals surface area contributed by atoms with Crippen molar-refractivity contribution in [3.63, 3.8) is 0 Å². The molecule has 0 unspecified atom stereocenters. The summed E-state index contributed by atoms with van der Waals surface area (Å²) in [7, 11) is 0. The first-order chi connectivity index (χ1) is 9.56. The van der Waals surface area contributed by atoms with Crippen LogP contribution in [-0.2, 0) is 0 Å². The second-order valence-electron chi connectivity index (χ2n) is 4.48. The minimum Gasteiger partial charge on any atom is -0.398 e. The summed E-state index contributed by atoms with van der Waals surface area (Å²) in [6.45, 7) is 1.95. The SMILES string of the molecule is Cc1ccn2c(-c3cc([N+](=O)[O-])ccc3N)nnc2c1. The number of benzene rings is 1. The minimum absolute atomic E-state index is 0.0296. The molecule has 0 amide bonds. The summed E-state index contributed by atoms with van der Waals surface area (Å²) >= 11 is 0. The third-order valence-electron chi connectivity index (χ3n) is 3.05. The number of aryl methyl sites for hydroxylation is 1. The van der Waals surface area contributed by atoms with E-state index in [1.165, 1.54) is 18.2 Å². The first-order valence-corrected chi connectivity index (χ1v) is 5.92. The van der Waals surface area contributed by atoms with E-state index in [0.717, 1.165) is 5.56 Å². The van der Waals surface area contributed by atoms with Gasteiger partial charge in [0.2, 0.25) is 0 Å². The van der Waals surface area contributed by atoms with Crippen LogP contribution in [0.15, 0.2) is 36.5 Å². The van der Waals surface area contributed by atoms with Crippen molar-refractivity contribution in [2.45, 2.75) is 6.92 Å². The van der Waals surface area contributed by atoms with Crippen molar-refractivity contribution in [1.82, 2.24) is 14.6 Å². The van der Waals surface area contributed by atoms with Crippen LogP contribution in [0.1, 0.15) is 5.56 Å². The molecule has 2 aromatic heterocycles. The van der Waals surface area contributed by atoms with Gasteiger partial charge in [-0.3, -0.25) is 14.5 Å². The molecular formula is C13H11N5O2. The van der Waals surface area contributed by atoms with Crippen LogP contribution in [0.4, 0.5) is 11.4 Å². The monoisotopic (exact) mass is 269 g/mol. The molecule has 0 saturated heterocycles. The fourth-order valence-electron chi connectivity index (χ4n) is 2.03. The Hall–Kier alpha value is -2.96. The lowest BCUT2D eigenvalue weighted by molar-refractivity contribution is -0.384. The van der Waals surface area contributed by atoms with Gasteiger partial charge in [-0.05, 0) is 30.7 Å². The van der Waals surface area contributed by atoms with Crippen LogP contribution in [0.5, 0.6) is 0 Å². The summed E-state index contributed by atoms with van der Waals surface area (Å²) in [4.78, 5) is 10.4. The quantitative estimate of drug-likeness (QED) is 0.436. The first-order valence-electron chi connectivity index (χ1n) is 5.92. The highest BCUT2D eigenvalue weighted by Crippen LogP contribution is 2.28. The zero-order valence-corrected chi connectivity index (χ0v) is 10.6. The number of fused-ring (bicyclic) bond motifs is 1. The van der Waals surface area contributed by atoms with Gasteiger partial charge in [-0.25, -0.2) is 0 Å². The lowest BCUT2D eigenvalue weighted by Gasteiger charge is -2.04. The highest BCUT2D eigenvalue weighted by Gasteiger charge is 2.15. The fourth-order valence-corrected chi connectivity index (χ4v) is 2.03. The second kappa shape index (κ2) is 4.30. The van der Waals surface area contributed by atoms with Gasteiger partial charge in [0.05, 0.1) is 4.92 Å². The summed E-state index contributed by atoms with van der Waals surface area (Å²) in [5.41, 5.74) is 8.52. The molecule has 2 N–H and O–H groups in total. The number of nitrogen functional groups attached to an aromatic ring is 1. The standard InChI is InChI=1S/C13H11N5O2/c1-8-4-5-17-12(6-8)15-16-13(17)10-7-9(18(19)20)2-3-11(10)14/h2-7H,14H2,1H3. The largest absolute Gasteiger partial charge is 0.398 e. The zero-order valence-electron chi connectivity index (χ0n) is 10.6. The van der Waals surface area contributed by atoms with Crippen molar-refractivity contribution in [3.8, 4) is 11.4 Å². The summed E-state index contributed by atoms with van der Waals surface area (Å²) in [5, 5.41) is 19.0. The van der Waals surface area contributed by atoms with Crippen LogP contribution in [0.25, 0.3) is 17.0 Å². The van der Waals surface area contributed by atoms with Gasteiger partial charge in [0.25, 0.3) is 5.69 Å². The third-order valence-corrected chi connectivity index (χ3v) is 3.05. The van der Waals surface area contributed by atoms with Crippen LogP contribution in [0.3, 0.4) is 0 Å². The number of non-ortho nitro benzene ring substituents is 1. The van der Waals surface area contributed by atoms with Crippen molar-refractivity contribution >= 4 is 17.0 Å². The lowest BCUT2D eigenvalue weighted by atomic mass is 10.1. The molecule has 0 saturated carbocycles. The number of nitro groups is 1. The first kappa shape index (κ1) is 12.1. The maximum atomic E-state index is 10.9. The molecule has 1 aromatic carbocycles. The Morgan fingerprint density at radius 3 is 2.80 bits per heavy atom. The molecule has 0 atom stereocenters. The number of nitrogens with two attached hydrogens (primary N) is 1. The predicted molar refractivity (Wildman–Crippen MR) is 74.2 cm³/mol. The second-order valence-corrected chi connectivity index (χ2v) is 4.48. The molecule has 7 heteroatoms. The molecule has 0 fully saturated rings. The van der Waals surface area contributed by atoms with Crippen LogP contribution in [-0.4, -0.2) is 19.5 Å². The van der Waals surface area contributed by atoms with E-state index in [1.807, 2.05) is 25.3 Å². The number of nitrogens with zero attached hydrogens (tertiary/aromatic N) is 4. The Balaban J connectivity index is 2.25. The van der Waals surface area contributed by atoms with Crippen LogP contribution in [0.2, 0.25) is 0 Å². The Morgan fingerprint density at radius 2 is 2.05 bits per heavy atom. The topological polar surface area (TPSA) is 99.3 Å². The summed E-state index contributed by atoms with van der Waals surface area (Å²) in [5.74, 6) is 0.487. The number of aromatic nitrogens is 3. The van der Waals surface area contributed by atoms with E-state index in [2.05, 4.69) is 10.2 Å². The van der Waals surface area contributed by atoms with E-state index in [4.69, 9.17) is 5.73 Å². The Kier molecular flexibility index (Phi) is 2.60. The van der Waals surface area contributed by atoms with Gasteiger partial charge in [0, 0.05) is 29.6 Å². The van der Waals surface area contributed by atoms with Crippen molar-refractivity contribution in [1.29, 1.82) is 0 Å². The molecule has 3 rings (SSSR count). The van der Waals surface area contributed by atoms with Crippen molar-refractivity contribution in [3.05, 3.63) is 52.2 Å². The fraction of sp³-hybridized carbons (Fsp3) is 0.0769. The van der Waals surface area contributed by atoms with E-state index in [0.29, 0.717) is 22.7 Å². The van der Waals surface area contributed by atoms with Crippen molar-refractivity contribution in [2.24, 2.45) is 0 Å². The van der Waals surface area contributed by atoms with E-state index in [9.17, 15) is 10.1 Å². The Labute approximate surface area is 113 Å². The van der Waals surface area contributed by atoms with Gasteiger partial charge >= 0.3 is 0 Å². The Bertz CT molecular complexity index is 825. The summed E-state index contributed by atoms with van der Waals surface area (Å²) in [6.07, 6.45) is 1.82. The molecule has 3 aromatic rings. The van der Waals surface area contributed by atoms with E-state index < -0.39 is 4.92 Å². The molecule has 0 bridgehead atoms. The van der Waals surface area contributed by atoms with Gasteiger partial charge in [-0.15, -0.1) is 10.2 Å². The van der Waals surface area contributed by atoms with Crippen LogP contribution < -0.4 is 5.73 Å². The van der Waals surface area contributed by atoms with Gasteiger partial charge in [0.1, 0.15) is 0 Å². The van der Waals surface area contributed by atoms with Crippen molar-refractivity contribution in [2.75, 3.05) is 5.73 Å². The van der Waals surface area contributed by atoms with Gasteiger partial charge in [-0.1, -0.05) is 0 Å². The summed E-state index contributed by atoms with van der Waals surface area (Å²) in [6, 6.07) is 8.07. The van der Waals surface area contributed by atoms with Gasteiger partial charge < -0.3 is 5.73 Å². The van der Waals surface area contributed by atoms with Gasteiger partial charge in [-0.2, -0.15) is 0 Å². The van der Waals surface area contributed by atoms with Crippen molar-refractivity contribution < 1.29 is 4.92 Å². The molecule has 0 spiro atoms. The number of anilines is 1. The Morgan fingerprint density at radius 1 is 1.25 bits per heavy atom. The number of pyridine rings is 1. The normalized spacial score (nSPS) is 10.8. The highest BCUT2D eigenvalue weighted by molar-refractivity contribution is 5.75. The molecular weight excluding hydrogens is 258 g/mol. The lowest BCUT2D eigenvalue weighted by Crippen LogP contribution is -1.97. The molecule has 20 heavy (non-hydrogen) atoms. The highest BCUT2D eigenvalue weighted by atomic mass is 16.6. The molecule has 100 valence electrons. The van der Waals surface area contributed by atoms with Gasteiger partial charge in [0.15, 0.2) is 11.5 Å². The van der Waals surface area contributed by atoms with Crippen LogP contribution >= 0.6 is 0 Å². The van der Waals surface area contributed by atoms with E-state index >= 15 is 0 Å². The number of rotatable bonds is 2. The maximum absolute atomic E-state index is 10.9. The van der Waals surface area contributed by atoms with E-state index in [1.54, 1.807) is 4.40 Å². The number of nitro benzene ring substituents is 1.